The number of carbonyl (C=O) groups is 3. The van der Waals surface area contributed by atoms with Crippen LogP contribution in [0.3, 0.4) is 0 Å². The third-order valence-electron chi connectivity index (χ3n) is 3.20. The van der Waals surface area contributed by atoms with Gasteiger partial charge in [0.25, 0.3) is 0 Å². The molecule has 1 saturated heterocycles. The molecule has 1 atom stereocenters. The molecule has 0 saturated carbocycles. The van der Waals surface area contributed by atoms with Crippen molar-refractivity contribution in [3.8, 4) is 0 Å². The zero-order valence-corrected chi connectivity index (χ0v) is 10.7. The quantitative estimate of drug-likeness (QED) is 0.862. The van der Waals surface area contributed by atoms with Gasteiger partial charge in [0.15, 0.2) is 0 Å². The zero-order chi connectivity index (χ0) is 14.9. The highest BCUT2D eigenvalue weighted by molar-refractivity contribution is 6.02. The van der Waals surface area contributed by atoms with E-state index in [-0.39, 0.29) is 24.6 Å². The maximum absolute atomic E-state index is 13.5. The average molecular weight is 280 g/mol. The molecule has 0 radical (unpaired) electrons. The van der Waals surface area contributed by atoms with E-state index in [0.29, 0.717) is 0 Å². The smallest absolute Gasteiger partial charge is 0.340 e. The van der Waals surface area contributed by atoms with Gasteiger partial charge in [-0.05, 0) is 12.1 Å². The Kier molecular flexibility index (Phi) is 3.69. The SMILES string of the molecule is CN1CC(C(=O)Nc2cccc(F)c2C(=O)O)CC1=O. The lowest BCUT2D eigenvalue weighted by molar-refractivity contribution is -0.127. The van der Waals surface area contributed by atoms with Crippen LogP contribution in [0.4, 0.5) is 10.1 Å². The van der Waals surface area contributed by atoms with Crippen LogP contribution in [0.1, 0.15) is 16.8 Å². The fourth-order valence-electron chi connectivity index (χ4n) is 2.12. The summed E-state index contributed by atoms with van der Waals surface area (Å²) in [5.74, 6) is -3.58. The van der Waals surface area contributed by atoms with E-state index in [9.17, 15) is 18.8 Å². The van der Waals surface area contributed by atoms with Crippen LogP contribution in [0, 0.1) is 11.7 Å². The molecular formula is C13H13FN2O4. The number of aromatic carboxylic acids is 1. The minimum Gasteiger partial charge on any atom is -0.478 e. The first-order chi connectivity index (χ1) is 9.40. The van der Waals surface area contributed by atoms with E-state index < -0.39 is 29.2 Å². The molecule has 1 aliphatic heterocycles. The van der Waals surface area contributed by atoms with Gasteiger partial charge in [0, 0.05) is 20.0 Å². The molecule has 20 heavy (non-hydrogen) atoms. The van der Waals surface area contributed by atoms with Crippen LogP contribution in [0.15, 0.2) is 18.2 Å². The largest absolute Gasteiger partial charge is 0.478 e. The number of hydrogen-bond donors (Lipinski definition) is 2. The number of benzene rings is 1. The van der Waals surface area contributed by atoms with E-state index in [1.807, 2.05) is 0 Å². The fourth-order valence-corrected chi connectivity index (χ4v) is 2.12. The lowest BCUT2D eigenvalue weighted by Crippen LogP contribution is -2.26. The molecule has 1 aromatic rings. The minimum atomic E-state index is -1.46. The molecule has 1 aliphatic rings. The van der Waals surface area contributed by atoms with Gasteiger partial charge in [-0.25, -0.2) is 9.18 Å². The Bertz CT molecular complexity index is 588. The van der Waals surface area contributed by atoms with Gasteiger partial charge in [-0.3, -0.25) is 9.59 Å². The molecule has 1 unspecified atom stereocenters. The molecular weight excluding hydrogens is 267 g/mol. The van der Waals surface area contributed by atoms with E-state index >= 15 is 0 Å². The molecule has 0 aliphatic carbocycles. The first-order valence-electron chi connectivity index (χ1n) is 5.96. The van der Waals surface area contributed by atoms with Gasteiger partial charge in [-0.15, -0.1) is 0 Å². The van der Waals surface area contributed by atoms with Crippen molar-refractivity contribution in [3.63, 3.8) is 0 Å². The summed E-state index contributed by atoms with van der Waals surface area (Å²) in [4.78, 5) is 35.8. The highest BCUT2D eigenvalue weighted by atomic mass is 19.1. The second-order valence-corrected chi connectivity index (χ2v) is 4.63. The van der Waals surface area contributed by atoms with Gasteiger partial charge in [-0.1, -0.05) is 6.07 Å². The van der Waals surface area contributed by atoms with Crippen molar-refractivity contribution in [1.82, 2.24) is 4.90 Å². The minimum absolute atomic E-state index is 0.0695. The molecule has 106 valence electrons. The number of rotatable bonds is 3. The first kappa shape index (κ1) is 14.0. The Morgan fingerprint density at radius 1 is 1.45 bits per heavy atom. The molecule has 0 spiro atoms. The number of nitrogens with zero attached hydrogens (tertiary/aromatic N) is 1. The summed E-state index contributed by atoms with van der Waals surface area (Å²) in [6.07, 6.45) is 0.0695. The normalized spacial score (nSPS) is 18.2. The Hall–Kier alpha value is -2.44. The molecule has 1 fully saturated rings. The number of nitrogens with one attached hydrogen (secondary N) is 1. The Morgan fingerprint density at radius 3 is 2.70 bits per heavy atom. The molecule has 0 bridgehead atoms. The van der Waals surface area contributed by atoms with E-state index in [1.165, 1.54) is 17.0 Å². The molecule has 1 heterocycles. The third kappa shape index (κ3) is 2.61. The maximum Gasteiger partial charge on any atom is 0.340 e. The van der Waals surface area contributed by atoms with Crippen molar-refractivity contribution < 1.29 is 23.9 Å². The Balaban J connectivity index is 2.19. The van der Waals surface area contributed by atoms with E-state index in [1.54, 1.807) is 7.05 Å². The lowest BCUT2D eigenvalue weighted by atomic mass is 10.1. The summed E-state index contributed by atoms with van der Waals surface area (Å²) >= 11 is 0. The van der Waals surface area contributed by atoms with Crippen molar-refractivity contribution in [2.75, 3.05) is 18.9 Å². The maximum atomic E-state index is 13.5. The van der Waals surface area contributed by atoms with Crippen molar-refractivity contribution in [2.45, 2.75) is 6.42 Å². The van der Waals surface area contributed by atoms with Crippen LogP contribution >= 0.6 is 0 Å². The zero-order valence-electron chi connectivity index (χ0n) is 10.7. The molecule has 0 aromatic heterocycles. The number of likely N-dealkylation sites (tertiary alicyclic amines) is 1. The van der Waals surface area contributed by atoms with Gasteiger partial charge in [0.05, 0.1) is 11.6 Å². The highest BCUT2D eigenvalue weighted by Crippen LogP contribution is 2.22. The van der Waals surface area contributed by atoms with Crippen molar-refractivity contribution in [1.29, 1.82) is 0 Å². The van der Waals surface area contributed by atoms with Crippen molar-refractivity contribution in [2.24, 2.45) is 5.92 Å². The van der Waals surface area contributed by atoms with Gasteiger partial charge in [-0.2, -0.15) is 0 Å². The third-order valence-corrected chi connectivity index (χ3v) is 3.20. The van der Waals surface area contributed by atoms with E-state index in [2.05, 4.69) is 5.32 Å². The molecule has 2 rings (SSSR count). The summed E-state index contributed by atoms with van der Waals surface area (Å²) in [6, 6.07) is 3.63. The Labute approximate surface area is 114 Å². The standard InChI is InChI=1S/C13H13FN2O4/c1-16-6-7(5-10(16)17)12(18)15-9-4-2-3-8(14)11(9)13(19)20/h2-4,7H,5-6H2,1H3,(H,15,18)(H,19,20). The number of anilines is 1. The number of carboxylic acid groups (broad SMARTS) is 1. The first-order valence-corrected chi connectivity index (χ1v) is 5.96. The topological polar surface area (TPSA) is 86.7 Å². The molecule has 6 nitrogen and oxygen atoms in total. The number of halogens is 1. The fraction of sp³-hybridized carbons (Fsp3) is 0.308. The van der Waals surface area contributed by atoms with Gasteiger partial charge >= 0.3 is 5.97 Å². The monoisotopic (exact) mass is 280 g/mol. The second kappa shape index (κ2) is 5.28. The van der Waals surface area contributed by atoms with E-state index in [0.717, 1.165) is 6.07 Å². The van der Waals surface area contributed by atoms with Crippen LogP contribution < -0.4 is 5.32 Å². The summed E-state index contributed by atoms with van der Waals surface area (Å²) in [6.45, 7) is 0.266. The molecule has 1 aromatic carbocycles. The second-order valence-electron chi connectivity index (χ2n) is 4.63. The predicted octanol–water partition coefficient (Wildman–Crippen LogP) is 0.941. The number of amides is 2. The number of carbonyl (C=O) groups excluding carboxylic acids is 2. The predicted molar refractivity (Wildman–Crippen MR) is 67.7 cm³/mol. The Morgan fingerprint density at radius 2 is 2.15 bits per heavy atom. The van der Waals surface area contributed by atoms with Gasteiger partial charge < -0.3 is 15.3 Å². The van der Waals surface area contributed by atoms with Crippen molar-refractivity contribution >= 4 is 23.5 Å². The summed E-state index contributed by atoms with van der Waals surface area (Å²) in [7, 11) is 1.58. The average Bonchev–Trinajstić information content (AvgIpc) is 2.69. The van der Waals surface area contributed by atoms with Crippen LogP contribution in [0.2, 0.25) is 0 Å². The molecule has 2 amide bonds. The van der Waals surface area contributed by atoms with Crippen molar-refractivity contribution in [3.05, 3.63) is 29.6 Å². The highest BCUT2D eigenvalue weighted by Gasteiger charge is 2.32. The van der Waals surface area contributed by atoms with Crippen LogP contribution in [0.25, 0.3) is 0 Å². The van der Waals surface area contributed by atoms with Gasteiger partial charge in [0.1, 0.15) is 11.4 Å². The van der Waals surface area contributed by atoms with E-state index in [4.69, 9.17) is 5.11 Å². The van der Waals surface area contributed by atoms with Gasteiger partial charge in [0.2, 0.25) is 11.8 Å². The summed E-state index contributed by atoms with van der Waals surface area (Å²) in [5, 5.41) is 11.3. The summed E-state index contributed by atoms with van der Waals surface area (Å²) in [5.41, 5.74) is -0.692. The summed E-state index contributed by atoms with van der Waals surface area (Å²) < 4.78 is 13.5. The molecule has 7 heteroatoms. The molecule has 2 N–H and O–H groups in total. The lowest BCUT2D eigenvalue weighted by Gasteiger charge is -2.13. The van der Waals surface area contributed by atoms with Crippen LogP contribution in [-0.2, 0) is 9.59 Å². The number of hydrogen-bond acceptors (Lipinski definition) is 3. The van der Waals surface area contributed by atoms with Crippen LogP contribution in [0.5, 0.6) is 0 Å². The number of carboxylic acids is 1. The van der Waals surface area contributed by atoms with Crippen LogP contribution in [-0.4, -0.2) is 41.4 Å².